The van der Waals surface area contributed by atoms with Crippen molar-refractivity contribution in [2.45, 2.75) is 6.92 Å². The number of hydrogen-bond acceptors (Lipinski definition) is 2. The summed E-state index contributed by atoms with van der Waals surface area (Å²) in [5.74, 6) is 0.911. The van der Waals surface area contributed by atoms with Gasteiger partial charge in [0, 0.05) is 5.69 Å². The highest BCUT2D eigenvalue weighted by Gasteiger charge is 2.02. The van der Waals surface area contributed by atoms with Crippen molar-refractivity contribution in [2.24, 2.45) is 0 Å². The molecule has 0 aliphatic carbocycles. The molecule has 2 aromatic carbocycles. The molecular weight excluding hydrogens is 198 g/mol. The fraction of sp³-hybridized carbons (Fsp3) is 0.143. The maximum Gasteiger partial charge on any atom is 0.122 e. The molecule has 2 N–H and O–H groups in total. The van der Waals surface area contributed by atoms with Gasteiger partial charge in [-0.05, 0) is 41.8 Å². The van der Waals surface area contributed by atoms with Crippen LogP contribution in [0.1, 0.15) is 5.56 Å². The quantitative estimate of drug-likeness (QED) is 0.777. The van der Waals surface area contributed by atoms with Crippen LogP contribution in [0.15, 0.2) is 42.5 Å². The Morgan fingerprint density at radius 1 is 0.938 bits per heavy atom. The van der Waals surface area contributed by atoms with E-state index in [9.17, 15) is 0 Å². The van der Waals surface area contributed by atoms with Crippen molar-refractivity contribution in [3.8, 4) is 16.9 Å². The molecule has 0 aliphatic rings. The van der Waals surface area contributed by atoms with Gasteiger partial charge in [0.2, 0.25) is 0 Å². The number of aryl methyl sites for hydroxylation is 1. The molecule has 0 aromatic heterocycles. The van der Waals surface area contributed by atoms with Gasteiger partial charge in [0.05, 0.1) is 7.11 Å². The van der Waals surface area contributed by atoms with Gasteiger partial charge in [0.25, 0.3) is 0 Å². The Morgan fingerprint density at radius 2 is 1.56 bits per heavy atom. The molecule has 0 unspecified atom stereocenters. The van der Waals surface area contributed by atoms with Crippen LogP contribution in [0, 0.1) is 6.92 Å². The van der Waals surface area contributed by atoms with E-state index in [2.05, 4.69) is 12.1 Å². The number of nitrogen functional groups attached to an aromatic ring is 1. The molecule has 2 aromatic rings. The third-order valence-electron chi connectivity index (χ3n) is 2.65. The van der Waals surface area contributed by atoms with Gasteiger partial charge in [0.1, 0.15) is 5.75 Å². The Labute approximate surface area is 95.7 Å². The minimum absolute atomic E-state index is 0.780. The summed E-state index contributed by atoms with van der Waals surface area (Å²) in [5.41, 5.74) is 9.87. The van der Waals surface area contributed by atoms with E-state index in [0.29, 0.717) is 0 Å². The van der Waals surface area contributed by atoms with Gasteiger partial charge in [-0.3, -0.25) is 0 Å². The van der Waals surface area contributed by atoms with Crippen LogP contribution in [-0.4, -0.2) is 7.11 Å². The van der Waals surface area contributed by atoms with Gasteiger partial charge in [-0.1, -0.05) is 24.3 Å². The Hall–Kier alpha value is -1.96. The largest absolute Gasteiger partial charge is 0.496 e. The number of rotatable bonds is 2. The average molecular weight is 213 g/mol. The lowest BCUT2D eigenvalue weighted by molar-refractivity contribution is 0.412. The van der Waals surface area contributed by atoms with E-state index in [1.165, 1.54) is 0 Å². The Bertz CT molecular complexity index is 489. The van der Waals surface area contributed by atoms with Gasteiger partial charge < -0.3 is 10.5 Å². The maximum absolute atomic E-state index is 5.66. The monoisotopic (exact) mass is 213 g/mol. The van der Waals surface area contributed by atoms with E-state index in [0.717, 1.165) is 28.1 Å². The van der Waals surface area contributed by atoms with Crippen molar-refractivity contribution in [1.82, 2.24) is 0 Å². The number of hydrogen-bond donors (Lipinski definition) is 1. The Morgan fingerprint density at radius 3 is 2.19 bits per heavy atom. The Kier molecular flexibility index (Phi) is 2.82. The number of anilines is 1. The molecule has 0 aliphatic heterocycles. The fourth-order valence-corrected chi connectivity index (χ4v) is 1.68. The molecule has 0 atom stereocenters. The molecule has 16 heavy (non-hydrogen) atoms. The standard InChI is InChI=1S/C14H15NO/c1-10-3-4-12(9-14(10)16-2)11-5-7-13(15)8-6-11/h3-9H,15H2,1-2H3. The summed E-state index contributed by atoms with van der Waals surface area (Å²) in [6.45, 7) is 2.03. The van der Waals surface area contributed by atoms with E-state index in [4.69, 9.17) is 10.5 Å². The molecule has 0 radical (unpaired) electrons. The summed E-state index contributed by atoms with van der Waals surface area (Å²) in [6, 6.07) is 14.0. The molecule has 0 bridgehead atoms. The second-order valence-corrected chi connectivity index (χ2v) is 3.81. The fourth-order valence-electron chi connectivity index (χ4n) is 1.68. The van der Waals surface area contributed by atoms with Crippen molar-refractivity contribution in [1.29, 1.82) is 0 Å². The first-order chi connectivity index (χ1) is 7.70. The SMILES string of the molecule is COc1cc(-c2ccc(N)cc2)ccc1C. The van der Waals surface area contributed by atoms with Crippen LogP contribution in [0.5, 0.6) is 5.75 Å². The van der Waals surface area contributed by atoms with Crippen LogP contribution in [0.4, 0.5) is 5.69 Å². The lowest BCUT2D eigenvalue weighted by atomic mass is 10.0. The zero-order valence-electron chi connectivity index (χ0n) is 9.53. The summed E-state index contributed by atoms with van der Waals surface area (Å²) in [6.07, 6.45) is 0. The van der Waals surface area contributed by atoms with E-state index in [1.54, 1.807) is 7.11 Å². The van der Waals surface area contributed by atoms with Crippen LogP contribution in [0.2, 0.25) is 0 Å². The minimum Gasteiger partial charge on any atom is -0.496 e. The van der Waals surface area contributed by atoms with Crippen molar-refractivity contribution >= 4 is 5.69 Å². The summed E-state index contributed by atoms with van der Waals surface area (Å²) < 4.78 is 5.31. The van der Waals surface area contributed by atoms with Gasteiger partial charge in [0.15, 0.2) is 0 Å². The highest BCUT2D eigenvalue weighted by atomic mass is 16.5. The van der Waals surface area contributed by atoms with E-state index < -0.39 is 0 Å². The normalized spacial score (nSPS) is 10.1. The molecule has 2 nitrogen and oxygen atoms in total. The lowest BCUT2D eigenvalue weighted by Crippen LogP contribution is -1.88. The summed E-state index contributed by atoms with van der Waals surface area (Å²) in [5, 5.41) is 0. The van der Waals surface area contributed by atoms with E-state index >= 15 is 0 Å². The third kappa shape index (κ3) is 2.01. The number of methoxy groups -OCH3 is 1. The molecule has 0 saturated carbocycles. The van der Waals surface area contributed by atoms with Gasteiger partial charge in [-0.25, -0.2) is 0 Å². The lowest BCUT2D eigenvalue weighted by Gasteiger charge is -2.08. The smallest absolute Gasteiger partial charge is 0.122 e. The molecule has 0 spiro atoms. The van der Waals surface area contributed by atoms with Gasteiger partial charge in [-0.15, -0.1) is 0 Å². The summed E-state index contributed by atoms with van der Waals surface area (Å²) in [4.78, 5) is 0. The van der Waals surface area contributed by atoms with E-state index in [-0.39, 0.29) is 0 Å². The van der Waals surface area contributed by atoms with Crippen molar-refractivity contribution < 1.29 is 4.74 Å². The molecular formula is C14H15NO. The maximum atomic E-state index is 5.66. The Balaban J connectivity index is 2.44. The average Bonchev–Trinajstić information content (AvgIpc) is 2.31. The summed E-state index contributed by atoms with van der Waals surface area (Å²) in [7, 11) is 1.69. The van der Waals surface area contributed by atoms with Crippen molar-refractivity contribution in [2.75, 3.05) is 12.8 Å². The number of benzene rings is 2. The predicted octanol–water partition coefficient (Wildman–Crippen LogP) is 3.25. The van der Waals surface area contributed by atoms with Crippen molar-refractivity contribution in [3.05, 3.63) is 48.0 Å². The molecule has 0 amide bonds. The first kappa shape index (κ1) is 10.6. The highest BCUT2D eigenvalue weighted by Crippen LogP contribution is 2.27. The number of ether oxygens (including phenoxy) is 1. The molecule has 0 fully saturated rings. The van der Waals surface area contributed by atoms with Gasteiger partial charge in [-0.2, -0.15) is 0 Å². The van der Waals surface area contributed by atoms with Crippen LogP contribution < -0.4 is 10.5 Å². The topological polar surface area (TPSA) is 35.2 Å². The minimum atomic E-state index is 0.780. The molecule has 0 saturated heterocycles. The molecule has 2 heteroatoms. The van der Waals surface area contributed by atoms with Crippen LogP contribution in [-0.2, 0) is 0 Å². The first-order valence-electron chi connectivity index (χ1n) is 5.21. The van der Waals surface area contributed by atoms with E-state index in [1.807, 2.05) is 37.3 Å². The molecule has 2 rings (SSSR count). The molecule has 0 heterocycles. The third-order valence-corrected chi connectivity index (χ3v) is 2.65. The van der Waals surface area contributed by atoms with Crippen molar-refractivity contribution in [3.63, 3.8) is 0 Å². The zero-order chi connectivity index (χ0) is 11.5. The van der Waals surface area contributed by atoms with Crippen LogP contribution >= 0.6 is 0 Å². The van der Waals surface area contributed by atoms with Gasteiger partial charge >= 0.3 is 0 Å². The van der Waals surface area contributed by atoms with Crippen LogP contribution in [0.3, 0.4) is 0 Å². The summed E-state index contributed by atoms with van der Waals surface area (Å²) >= 11 is 0. The zero-order valence-corrected chi connectivity index (χ0v) is 9.53. The second kappa shape index (κ2) is 4.27. The van der Waals surface area contributed by atoms with Crippen LogP contribution in [0.25, 0.3) is 11.1 Å². The second-order valence-electron chi connectivity index (χ2n) is 3.81. The highest BCUT2D eigenvalue weighted by molar-refractivity contribution is 5.67. The first-order valence-corrected chi connectivity index (χ1v) is 5.21. The predicted molar refractivity (Wildman–Crippen MR) is 67.6 cm³/mol. The molecule has 82 valence electrons. The number of nitrogens with two attached hydrogens (primary N) is 1.